The van der Waals surface area contributed by atoms with Crippen LogP contribution in [-0.4, -0.2) is 36.6 Å². The first-order valence-corrected chi connectivity index (χ1v) is 4.39. The maximum atomic E-state index is 11.1. The van der Waals surface area contributed by atoms with Gasteiger partial charge in [-0.15, -0.1) is 6.58 Å². The lowest BCUT2D eigenvalue weighted by Gasteiger charge is -2.12. The number of rotatable bonds is 7. The molecule has 0 aliphatic rings. The Balaban J connectivity index is 3.95. The van der Waals surface area contributed by atoms with E-state index in [1.165, 1.54) is 6.08 Å². The number of amides is 1. The summed E-state index contributed by atoms with van der Waals surface area (Å²) in [5.74, 6) is -1.31. The lowest BCUT2D eigenvalue weighted by molar-refractivity contribution is -0.141. The molecule has 0 aliphatic carbocycles. The van der Waals surface area contributed by atoms with Gasteiger partial charge in [0.25, 0.3) is 0 Å². The minimum Gasteiger partial charge on any atom is -0.480 e. The third-order valence-electron chi connectivity index (χ3n) is 1.64. The zero-order chi connectivity index (χ0) is 11.0. The molecule has 0 spiro atoms. The molecule has 80 valence electrons. The highest BCUT2D eigenvalue weighted by Gasteiger charge is 2.17. The number of carboxylic acids is 1. The van der Waals surface area contributed by atoms with E-state index in [9.17, 15) is 9.59 Å². The Hall–Kier alpha value is -1.36. The van der Waals surface area contributed by atoms with E-state index in [0.29, 0.717) is 6.54 Å². The van der Waals surface area contributed by atoms with Crippen molar-refractivity contribution in [1.29, 1.82) is 0 Å². The summed E-state index contributed by atoms with van der Waals surface area (Å²) in [4.78, 5) is 21.8. The third kappa shape index (κ3) is 5.31. The number of hydrogen-bond acceptors (Lipinski definition) is 3. The minimum absolute atomic E-state index is 0.237. The summed E-state index contributed by atoms with van der Waals surface area (Å²) < 4.78 is 0. The van der Waals surface area contributed by atoms with E-state index in [4.69, 9.17) is 5.11 Å². The second-order valence-electron chi connectivity index (χ2n) is 2.84. The van der Waals surface area contributed by atoms with Crippen molar-refractivity contribution >= 4 is 11.9 Å². The van der Waals surface area contributed by atoms with E-state index in [1.807, 2.05) is 0 Å². The molecule has 0 fully saturated rings. The van der Waals surface area contributed by atoms with Crippen LogP contribution in [0.1, 0.15) is 12.8 Å². The average Bonchev–Trinajstić information content (AvgIpc) is 2.14. The highest BCUT2D eigenvalue weighted by atomic mass is 16.4. The van der Waals surface area contributed by atoms with Crippen molar-refractivity contribution in [1.82, 2.24) is 10.6 Å². The number of carboxylic acid groups (broad SMARTS) is 1. The van der Waals surface area contributed by atoms with E-state index in [1.54, 1.807) is 7.05 Å². The Morgan fingerprint density at radius 1 is 1.57 bits per heavy atom. The molecule has 0 saturated heterocycles. The second-order valence-corrected chi connectivity index (χ2v) is 2.84. The molecule has 0 aromatic rings. The summed E-state index contributed by atoms with van der Waals surface area (Å²) in [5.41, 5.74) is 0. The van der Waals surface area contributed by atoms with Gasteiger partial charge in [0.05, 0.1) is 0 Å². The highest BCUT2D eigenvalue weighted by Crippen LogP contribution is 1.93. The van der Waals surface area contributed by atoms with Crippen LogP contribution in [0.3, 0.4) is 0 Å². The minimum atomic E-state index is -1.04. The molecule has 0 heterocycles. The zero-order valence-corrected chi connectivity index (χ0v) is 8.25. The van der Waals surface area contributed by atoms with Gasteiger partial charge in [-0.05, 0) is 13.5 Å². The number of carbonyl (C=O) groups is 2. The summed E-state index contributed by atoms with van der Waals surface area (Å²) in [5, 5.41) is 13.9. The van der Waals surface area contributed by atoms with Crippen molar-refractivity contribution in [3.8, 4) is 0 Å². The molecular formula is C9H16N2O3. The van der Waals surface area contributed by atoms with Crippen LogP contribution in [0.25, 0.3) is 0 Å². The van der Waals surface area contributed by atoms with Gasteiger partial charge < -0.3 is 15.7 Å². The monoisotopic (exact) mass is 200 g/mol. The fraction of sp³-hybridized carbons (Fsp3) is 0.556. The Morgan fingerprint density at radius 2 is 2.21 bits per heavy atom. The Morgan fingerprint density at radius 3 is 2.64 bits per heavy atom. The first-order chi connectivity index (χ1) is 6.61. The fourth-order valence-corrected chi connectivity index (χ4v) is 0.893. The van der Waals surface area contributed by atoms with Gasteiger partial charge in [0.2, 0.25) is 5.91 Å². The van der Waals surface area contributed by atoms with Crippen molar-refractivity contribution in [3.63, 3.8) is 0 Å². The largest absolute Gasteiger partial charge is 0.480 e. The summed E-state index contributed by atoms with van der Waals surface area (Å²) in [6.07, 6.45) is 1.98. The molecule has 0 aromatic carbocycles. The quantitative estimate of drug-likeness (QED) is 0.495. The number of nitrogens with one attached hydrogen (secondary N) is 2. The standard InChI is InChI=1S/C9H16N2O3/c1-3-4-7(9(13)14)11-8(12)5-6-10-2/h3,7,10H,1,4-6H2,2H3,(H,11,12)(H,13,14). The van der Waals surface area contributed by atoms with Crippen molar-refractivity contribution in [3.05, 3.63) is 12.7 Å². The van der Waals surface area contributed by atoms with Gasteiger partial charge >= 0.3 is 5.97 Å². The van der Waals surface area contributed by atoms with Crippen molar-refractivity contribution in [2.24, 2.45) is 0 Å². The molecule has 5 nitrogen and oxygen atoms in total. The van der Waals surface area contributed by atoms with Crippen LogP contribution in [0.2, 0.25) is 0 Å². The first-order valence-electron chi connectivity index (χ1n) is 4.39. The lowest BCUT2D eigenvalue weighted by atomic mass is 10.2. The van der Waals surface area contributed by atoms with E-state index < -0.39 is 12.0 Å². The molecule has 1 unspecified atom stereocenters. The molecule has 14 heavy (non-hydrogen) atoms. The Kier molecular flexibility index (Phi) is 6.39. The summed E-state index contributed by atoms with van der Waals surface area (Å²) in [6, 6.07) is -0.864. The third-order valence-corrected chi connectivity index (χ3v) is 1.64. The molecular weight excluding hydrogens is 184 g/mol. The average molecular weight is 200 g/mol. The maximum Gasteiger partial charge on any atom is 0.326 e. The van der Waals surface area contributed by atoms with E-state index in [2.05, 4.69) is 17.2 Å². The second kappa shape index (κ2) is 7.08. The van der Waals surface area contributed by atoms with Crippen LogP contribution < -0.4 is 10.6 Å². The summed E-state index contributed by atoms with van der Waals surface area (Å²) in [7, 11) is 1.73. The number of aliphatic carboxylic acids is 1. The van der Waals surface area contributed by atoms with E-state index >= 15 is 0 Å². The molecule has 0 aromatic heterocycles. The maximum absolute atomic E-state index is 11.1. The summed E-state index contributed by atoms with van der Waals surface area (Å²) >= 11 is 0. The van der Waals surface area contributed by atoms with Gasteiger partial charge in [-0.3, -0.25) is 4.79 Å². The van der Waals surface area contributed by atoms with Crippen LogP contribution in [0.15, 0.2) is 12.7 Å². The van der Waals surface area contributed by atoms with Crippen LogP contribution in [0.4, 0.5) is 0 Å². The van der Waals surface area contributed by atoms with Gasteiger partial charge in [-0.25, -0.2) is 4.79 Å². The van der Waals surface area contributed by atoms with Gasteiger partial charge in [0.1, 0.15) is 6.04 Å². The van der Waals surface area contributed by atoms with Crippen LogP contribution in [0.5, 0.6) is 0 Å². The molecule has 1 atom stereocenters. The number of carbonyl (C=O) groups excluding carboxylic acids is 1. The van der Waals surface area contributed by atoms with Crippen LogP contribution in [-0.2, 0) is 9.59 Å². The van der Waals surface area contributed by atoms with E-state index in [-0.39, 0.29) is 18.7 Å². The van der Waals surface area contributed by atoms with Gasteiger partial charge in [-0.1, -0.05) is 6.08 Å². The highest BCUT2D eigenvalue weighted by molar-refractivity contribution is 5.83. The molecule has 5 heteroatoms. The zero-order valence-electron chi connectivity index (χ0n) is 8.25. The van der Waals surface area contributed by atoms with Gasteiger partial charge in [0, 0.05) is 13.0 Å². The van der Waals surface area contributed by atoms with Gasteiger partial charge in [-0.2, -0.15) is 0 Å². The molecule has 1 amide bonds. The Bertz CT molecular complexity index is 216. The predicted molar refractivity (Wildman–Crippen MR) is 52.9 cm³/mol. The molecule has 0 saturated carbocycles. The molecule has 0 bridgehead atoms. The fourth-order valence-electron chi connectivity index (χ4n) is 0.893. The molecule has 0 rings (SSSR count). The Labute approximate surface area is 83.2 Å². The van der Waals surface area contributed by atoms with E-state index in [0.717, 1.165) is 0 Å². The van der Waals surface area contributed by atoms with Crippen LogP contribution >= 0.6 is 0 Å². The normalized spacial score (nSPS) is 11.8. The van der Waals surface area contributed by atoms with Gasteiger partial charge in [0.15, 0.2) is 0 Å². The van der Waals surface area contributed by atoms with Crippen molar-refractivity contribution in [2.75, 3.05) is 13.6 Å². The van der Waals surface area contributed by atoms with Crippen LogP contribution in [0, 0.1) is 0 Å². The molecule has 0 radical (unpaired) electrons. The number of hydrogen-bond donors (Lipinski definition) is 3. The first kappa shape index (κ1) is 12.6. The lowest BCUT2D eigenvalue weighted by Crippen LogP contribution is -2.41. The van der Waals surface area contributed by atoms with Crippen molar-refractivity contribution < 1.29 is 14.7 Å². The molecule has 3 N–H and O–H groups in total. The van der Waals surface area contributed by atoms with Crippen molar-refractivity contribution in [2.45, 2.75) is 18.9 Å². The predicted octanol–water partition coefficient (Wildman–Crippen LogP) is -0.259. The smallest absolute Gasteiger partial charge is 0.326 e. The topological polar surface area (TPSA) is 78.4 Å². The summed E-state index contributed by atoms with van der Waals surface area (Å²) in [6.45, 7) is 3.96. The molecule has 0 aliphatic heterocycles. The SMILES string of the molecule is C=CCC(NC(=O)CCNC)C(=O)O.